The van der Waals surface area contributed by atoms with Gasteiger partial charge in [-0.3, -0.25) is 9.59 Å². The van der Waals surface area contributed by atoms with Gasteiger partial charge in [0.15, 0.2) is 0 Å². The Hall–Kier alpha value is -1.88. The molecule has 1 unspecified atom stereocenters. The summed E-state index contributed by atoms with van der Waals surface area (Å²) in [6.07, 6.45) is 0.127. The number of hydrogen-bond acceptors (Lipinski definition) is 3. The molecule has 1 aromatic carbocycles. The van der Waals surface area contributed by atoms with Gasteiger partial charge in [0.25, 0.3) is 0 Å². The van der Waals surface area contributed by atoms with Gasteiger partial charge >= 0.3 is 5.97 Å². The van der Waals surface area contributed by atoms with Crippen molar-refractivity contribution in [2.75, 3.05) is 19.6 Å². The van der Waals surface area contributed by atoms with E-state index in [-0.39, 0.29) is 30.7 Å². The summed E-state index contributed by atoms with van der Waals surface area (Å²) in [5, 5.41) is 8.68. The second-order valence-electron chi connectivity index (χ2n) is 4.91. The molecule has 0 aromatic heterocycles. The van der Waals surface area contributed by atoms with Crippen LogP contribution in [0, 0.1) is 5.92 Å². The van der Waals surface area contributed by atoms with Crippen molar-refractivity contribution in [3.05, 3.63) is 35.9 Å². The van der Waals surface area contributed by atoms with E-state index in [9.17, 15) is 9.59 Å². The molecule has 0 aliphatic carbocycles. The van der Waals surface area contributed by atoms with Crippen LogP contribution >= 0.6 is 0 Å². The molecule has 0 radical (unpaired) electrons. The number of likely N-dealkylation sites (tertiary alicyclic amines) is 1. The molecule has 0 saturated carbocycles. The number of carboxylic acids is 1. The second-order valence-corrected chi connectivity index (χ2v) is 4.91. The van der Waals surface area contributed by atoms with Gasteiger partial charge in [0.05, 0.1) is 12.3 Å². The molecule has 5 heteroatoms. The van der Waals surface area contributed by atoms with Crippen molar-refractivity contribution in [2.24, 2.45) is 11.7 Å². The normalized spacial score (nSPS) is 16.8. The first-order valence-electron chi connectivity index (χ1n) is 6.37. The number of amides is 1. The molecule has 1 fully saturated rings. The van der Waals surface area contributed by atoms with E-state index in [4.69, 9.17) is 10.8 Å². The Balaban J connectivity index is 1.95. The number of carbonyl (C=O) groups excluding carboxylic acids is 1. The van der Waals surface area contributed by atoms with Gasteiger partial charge < -0.3 is 15.7 Å². The summed E-state index contributed by atoms with van der Waals surface area (Å²) >= 11 is 0. The fourth-order valence-corrected chi connectivity index (χ4v) is 2.41. The van der Waals surface area contributed by atoms with Crippen LogP contribution < -0.4 is 5.73 Å². The predicted octanol–water partition coefficient (Wildman–Crippen LogP) is 0.662. The van der Waals surface area contributed by atoms with Crippen molar-refractivity contribution in [2.45, 2.75) is 12.3 Å². The van der Waals surface area contributed by atoms with Crippen molar-refractivity contribution >= 4 is 11.9 Å². The van der Waals surface area contributed by atoms with Gasteiger partial charge in [-0.15, -0.1) is 0 Å². The molecule has 1 heterocycles. The Morgan fingerprint density at radius 1 is 1.32 bits per heavy atom. The summed E-state index contributed by atoms with van der Waals surface area (Å²) < 4.78 is 0. The van der Waals surface area contributed by atoms with Crippen molar-refractivity contribution in [3.8, 4) is 0 Å². The van der Waals surface area contributed by atoms with E-state index >= 15 is 0 Å². The molecular weight excluding hydrogens is 244 g/mol. The molecule has 1 aliphatic heterocycles. The van der Waals surface area contributed by atoms with Crippen LogP contribution in [-0.4, -0.2) is 41.5 Å². The summed E-state index contributed by atoms with van der Waals surface area (Å²) in [7, 11) is 0. The van der Waals surface area contributed by atoms with E-state index in [0.717, 1.165) is 5.56 Å². The molecule has 2 rings (SSSR count). The lowest BCUT2D eigenvalue weighted by Gasteiger charge is -2.40. The average molecular weight is 262 g/mol. The van der Waals surface area contributed by atoms with E-state index in [1.807, 2.05) is 30.3 Å². The lowest BCUT2D eigenvalue weighted by Crippen LogP contribution is -2.52. The molecule has 3 N–H and O–H groups in total. The number of hydrogen-bond donors (Lipinski definition) is 2. The zero-order chi connectivity index (χ0) is 13.8. The van der Waals surface area contributed by atoms with E-state index in [1.54, 1.807) is 4.90 Å². The maximum atomic E-state index is 12.3. The van der Waals surface area contributed by atoms with Gasteiger partial charge in [-0.2, -0.15) is 0 Å². The summed E-state index contributed by atoms with van der Waals surface area (Å²) in [6.45, 7) is 1.31. The first-order valence-corrected chi connectivity index (χ1v) is 6.37. The van der Waals surface area contributed by atoms with Crippen LogP contribution in [0.2, 0.25) is 0 Å². The van der Waals surface area contributed by atoms with Crippen LogP contribution in [0.15, 0.2) is 30.3 Å². The van der Waals surface area contributed by atoms with Gasteiger partial charge in [0.1, 0.15) is 0 Å². The summed E-state index contributed by atoms with van der Waals surface area (Å²) in [5.41, 5.74) is 6.61. The molecular formula is C14H18N2O3. The predicted molar refractivity (Wildman–Crippen MR) is 70.6 cm³/mol. The van der Waals surface area contributed by atoms with Gasteiger partial charge in [-0.25, -0.2) is 0 Å². The van der Waals surface area contributed by atoms with Crippen LogP contribution in [-0.2, 0) is 9.59 Å². The van der Waals surface area contributed by atoms with Gasteiger partial charge in [0, 0.05) is 25.6 Å². The summed E-state index contributed by atoms with van der Waals surface area (Å²) in [5.74, 6) is -1.06. The topological polar surface area (TPSA) is 83.6 Å². The molecule has 1 saturated heterocycles. The molecule has 19 heavy (non-hydrogen) atoms. The first-order chi connectivity index (χ1) is 9.11. The van der Waals surface area contributed by atoms with Gasteiger partial charge in [0.2, 0.25) is 5.91 Å². The van der Waals surface area contributed by atoms with Gasteiger partial charge in [-0.1, -0.05) is 30.3 Å². The second kappa shape index (κ2) is 5.84. The first kappa shape index (κ1) is 13.5. The molecule has 1 amide bonds. The lowest BCUT2D eigenvalue weighted by atomic mass is 9.91. The molecule has 1 aromatic rings. The summed E-state index contributed by atoms with van der Waals surface area (Å²) in [6, 6.07) is 9.45. The van der Waals surface area contributed by atoms with E-state index in [2.05, 4.69) is 0 Å². The summed E-state index contributed by atoms with van der Waals surface area (Å²) in [4.78, 5) is 24.5. The van der Waals surface area contributed by atoms with E-state index in [0.29, 0.717) is 13.1 Å². The molecule has 5 nitrogen and oxygen atoms in total. The molecule has 1 aliphatic rings. The van der Waals surface area contributed by atoms with Crippen LogP contribution in [0.1, 0.15) is 17.9 Å². The minimum Gasteiger partial charge on any atom is -0.481 e. The third-order valence-corrected chi connectivity index (χ3v) is 3.47. The smallest absolute Gasteiger partial charge is 0.303 e. The quantitative estimate of drug-likeness (QED) is 0.816. The van der Waals surface area contributed by atoms with E-state index < -0.39 is 5.97 Å². The maximum Gasteiger partial charge on any atom is 0.303 e. The monoisotopic (exact) mass is 262 g/mol. The van der Waals surface area contributed by atoms with Crippen LogP contribution in [0.25, 0.3) is 0 Å². The number of nitrogens with zero attached hydrogens (tertiary/aromatic N) is 1. The number of benzene rings is 1. The van der Waals surface area contributed by atoms with Crippen molar-refractivity contribution in [1.82, 2.24) is 4.90 Å². The average Bonchev–Trinajstić information content (AvgIpc) is 2.35. The highest BCUT2D eigenvalue weighted by Crippen LogP contribution is 2.25. The number of nitrogens with two attached hydrogens (primary N) is 1. The molecule has 0 bridgehead atoms. The zero-order valence-corrected chi connectivity index (χ0v) is 10.7. The van der Waals surface area contributed by atoms with Crippen LogP contribution in [0.4, 0.5) is 0 Å². The van der Waals surface area contributed by atoms with Gasteiger partial charge in [-0.05, 0) is 5.56 Å². The number of rotatable bonds is 5. The third-order valence-electron chi connectivity index (χ3n) is 3.47. The fraction of sp³-hybridized carbons (Fsp3) is 0.429. The van der Waals surface area contributed by atoms with Crippen LogP contribution in [0.5, 0.6) is 0 Å². The molecule has 102 valence electrons. The highest BCUT2D eigenvalue weighted by Gasteiger charge is 2.35. The molecule has 0 spiro atoms. The number of carbonyl (C=O) groups is 2. The number of aliphatic carboxylic acids is 1. The standard InChI is InChI=1S/C14H18N2O3/c15-7-12(11-4-2-1-3-5-11)14(19)16-8-10(9-16)6-13(17)18/h1-5,10,12H,6-9,15H2,(H,17,18). The lowest BCUT2D eigenvalue weighted by molar-refractivity contribution is -0.145. The van der Waals surface area contributed by atoms with Crippen molar-refractivity contribution in [1.29, 1.82) is 0 Å². The fourth-order valence-electron chi connectivity index (χ4n) is 2.41. The molecule has 1 atom stereocenters. The Labute approximate surface area is 112 Å². The highest BCUT2D eigenvalue weighted by atomic mass is 16.4. The zero-order valence-electron chi connectivity index (χ0n) is 10.7. The maximum absolute atomic E-state index is 12.3. The number of carboxylic acid groups (broad SMARTS) is 1. The van der Waals surface area contributed by atoms with E-state index in [1.165, 1.54) is 0 Å². The largest absolute Gasteiger partial charge is 0.481 e. The Morgan fingerprint density at radius 2 is 1.95 bits per heavy atom. The van der Waals surface area contributed by atoms with Crippen LogP contribution in [0.3, 0.4) is 0 Å². The minimum absolute atomic E-state index is 0.00432. The Morgan fingerprint density at radius 3 is 2.47 bits per heavy atom. The highest BCUT2D eigenvalue weighted by molar-refractivity contribution is 5.85. The third kappa shape index (κ3) is 3.12. The SMILES string of the molecule is NCC(C(=O)N1CC(CC(=O)O)C1)c1ccccc1. The van der Waals surface area contributed by atoms with Crippen molar-refractivity contribution < 1.29 is 14.7 Å². The Bertz CT molecular complexity index is 455. The van der Waals surface area contributed by atoms with Crippen molar-refractivity contribution in [3.63, 3.8) is 0 Å². The Kier molecular flexibility index (Phi) is 4.16. The minimum atomic E-state index is -0.810.